The van der Waals surface area contributed by atoms with Gasteiger partial charge in [-0.05, 0) is 24.3 Å². The fourth-order valence-corrected chi connectivity index (χ4v) is 1.25. The second-order valence-electron chi connectivity index (χ2n) is 3.39. The predicted octanol–water partition coefficient (Wildman–Crippen LogP) is 0.119. The number of carbonyl (C=O) groups excluding carboxylic acids is 2. The minimum atomic E-state index is -0.689. The molecule has 1 rings (SSSR count). The zero-order chi connectivity index (χ0) is 12.8. The molecule has 0 aliphatic heterocycles. The lowest BCUT2D eigenvalue weighted by Crippen LogP contribution is -2.35. The minimum Gasteiger partial charge on any atom is -0.370 e. The molecule has 0 radical (unpaired) electrons. The van der Waals surface area contributed by atoms with Crippen molar-refractivity contribution < 1.29 is 14.3 Å². The minimum absolute atomic E-state index is 0. The highest BCUT2D eigenvalue weighted by Crippen LogP contribution is 2.09. The van der Waals surface area contributed by atoms with Crippen LogP contribution in [0.2, 0.25) is 0 Å². The van der Waals surface area contributed by atoms with Crippen molar-refractivity contribution in [2.24, 2.45) is 11.5 Å². The third-order valence-corrected chi connectivity index (χ3v) is 2.23. The van der Waals surface area contributed by atoms with Gasteiger partial charge in [0.25, 0.3) is 5.91 Å². The Morgan fingerprint density at radius 3 is 2.28 bits per heavy atom. The van der Waals surface area contributed by atoms with E-state index in [9.17, 15) is 9.59 Å². The summed E-state index contributed by atoms with van der Waals surface area (Å²) in [7, 11) is 1.41. The van der Waals surface area contributed by atoms with E-state index < -0.39 is 12.0 Å². The first-order valence-corrected chi connectivity index (χ1v) is 5.02. The number of hydrogen-bond donors (Lipinski definition) is 3. The number of amides is 2. The second kappa shape index (κ2) is 7.65. The van der Waals surface area contributed by atoms with E-state index in [0.717, 1.165) is 0 Å². The van der Waals surface area contributed by atoms with Gasteiger partial charge >= 0.3 is 0 Å². The summed E-state index contributed by atoms with van der Waals surface area (Å²) in [6.07, 6.45) is -0.689. The summed E-state index contributed by atoms with van der Waals surface area (Å²) in [6.45, 7) is 0.0989. The summed E-state index contributed by atoms with van der Waals surface area (Å²) in [6, 6.07) is 6.23. The van der Waals surface area contributed by atoms with Gasteiger partial charge in [0.1, 0.15) is 6.10 Å². The van der Waals surface area contributed by atoms with Crippen LogP contribution in [0, 0.1) is 0 Å². The topological polar surface area (TPSA) is 107 Å². The molecule has 1 aromatic carbocycles. The van der Waals surface area contributed by atoms with E-state index in [2.05, 4.69) is 5.32 Å². The Morgan fingerprint density at radius 2 is 1.89 bits per heavy atom. The molecule has 1 unspecified atom stereocenters. The molecule has 0 aliphatic rings. The lowest BCUT2D eigenvalue weighted by Gasteiger charge is -2.13. The summed E-state index contributed by atoms with van der Waals surface area (Å²) >= 11 is 0. The van der Waals surface area contributed by atoms with Crippen molar-refractivity contribution in [2.75, 3.05) is 19.0 Å². The van der Waals surface area contributed by atoms with Crippen molar-refractivity contribution in [2.45, 2.75) is 6.10 Å². The van der Waals surface area contributed by atoms with E-state index in [-0.39, 0.29) is 24.9 Å². The Hall–Kier alpha value is -1.63. The molecule has 1 aromatic rings. The molecule has 0 saturated heterocycles. The standard InChI is InChI=1S/C11H15N3O3.ClH/c1-17-9(6-12)11(16)14-8-4-2-7(3-5-8)10(13)15;/h2-5,9H,6,12H2,1H3,(H2,13,15)(H,14,16);1H. The van der Waals surface area contributed by atoms with Gasteiger partial charge in [0.15, 0.2) is 0 Å². The molecule has 2 amide bonds. The van der Waals surface area contributed by atoms with Gasteiger partial charge in [-0.3, -0.25) is 9.59 Å². The van der Waals surface area contributed by atoms with Crippen LogP contribution in [0.5, 0.6) is 0 Å². The molecule has 0 bridgehead atoms. The van der Waals surface area contributed by atoms with E-state index in [1.165, 1.54) is 19.2 Å². The normalized spacial score (nSPS) is 11.2. The van der Waals surface area contributed by atoms with Crippen LogP contribution < -0.4 is 16.8 Å². The smallest absolute Gasteiger partial charge is 0.254 e. The van der Waals surface area contributed by atoms with Gasteiger partial charge < -0.3 is 21.5 Å². The largest absolute Gasteiger partial charge is 0.370 e. The van der Waals surface area contributed by atoms with Crippen molar-refractivity contribution in [1.29, 1.82) is 0 Å². The number of rotatable bonds is 5. The number of ether oxygens (including phenoxy) is 1. The molecule has 0 heterocycles. The summed E-state index contributed by atoms with van der Waals surface area (Å²) in [4.78, 5) is 22.4. The molecular weight excluding hydrogens is 258 g/mol. The van der Waals surface area contributed by atoms with Crippen molar-refractivity contribution in [1.82, 2.24) is 0 Å². The van der Waals surface area contributed by atoms with Gasteiger partial charge in [-0.15, -0.1) is 12.4 Å². The Labute approximate surface area is 111 Å². The van der Waals surface area contributed by atoms with Crippen LogP contribution in [-0.2, 0) is 9.53 Å². The summed E-state index contributed by atoms with van der Waals surface area (Å²) in [5.74, 6) is -0.846. The molecule has 100 valence electrons. The SMILES string of the molecule is COC(CN)C(=O)Nc1ccc(C(N)=O)cc1.Cl. The zero-order valence-electron chi connectivity index (χ0n) is 9.88. The average molecular weight is 274 g/mol. The van der Waals surface area contributed by atoms with E-state index in [1.54, 1.807) is 12.1 Å². The summed E-state index contributed by atoms with van der Waals surface area (Å²) in [5, 5.41) is 2.61. The van der Waals surface area contributed by atoms with Crippen LogP contribution in [0.25, 0.3) is 0 Å². The van der Waals surface area contributed by atoms with E-state index >= 15 is 0 Å². The molecule has 0 aromatic heterocycles. The average Bonchev–Trinajstić information content (AvgIpc) is 2.31. The zero-order valence-corrected chi connectivity index (χ0v) is 10.7. The first kappa shape index (κ1) is 16.4. The summed E-state index contributed by atoms with van der Waals surface area (Å²) in [5.41, 5.74) is 11.4. The molecule has 6 nitrogen and oxygen atoms in total. The lowest BCUT2D eigenvalue weighted by molar-refractivity contribution is -0.125. The van der Waals surface area contributed by atoms with Crippen LogP contribution >= 0.6 is 12.4 Å². The highest BCUT2D eigenvalue weighted by molar-refractivity contribution is 5.96. The van der Waals surface area contributed by atoms with Gasteiger partial charge in [0, 0.05) is 24.9 Å². The maximum atomic E-state index is 11.6. The Balaban J connectivity index is 0.00000289. The van der Waals surface area contributed by atoms with Gasteiger partial charge in [-0.25, -0.2) is 0 Å². The van der Waals surface area contributed by atoms with Crippen molar-refractivity contribution in [3.63, 3.8) is 0 Å². The van der Waals surface area contributed by atoms with Gasteiger partial charge in [0.05, 0.1) is 0 Å². The number of hydrogen-bond acceptors (Lipinski definition) is 4. The maximum Gasteiger partial charge on any atom is 0.254 e. The number of carbonyl (C=O) groups is 2. The number of nitrogens with two attached hydrogens (primary N) is 2. The first-order chi connectivity index (χ1) is 8.08. The van der Waals surface area contributed by atoms with E-state index in [1.807, 2.05) is 0 Å². The van der Waals surface area contributed by atoms with E-state index in [4.69, 9.17) is 16.2 Å². The molecule has 18 heavy (non-hydrogen) atoms. The Bertz CT molecular complexity index is 404. The number of halogens is 1. The van der Waals surface area contributed by atoms with E-state index in [0.29, 0.717) is 11.3 Å². The third kappa shape index (κ3) is 4.33. The number of primary amides is 1. The van der Waals surface area contributed by atoms with Crippen LogP contribution in [-0.4, -0.2) is 31.6 Å². The fraction of sp³-hybridized carbons (Fsp3) is 0.273. The first-order valence-electron chi connectivity index (χ1n) is 5.02. The second-order valence-corrected chi connectivity index (χ2v) is 3.39. The molecule has 7 heteroatoms. The Kier molecular flexibility index (Phi) is 6.96. The lowest BCUT2D eigenvalue weighted by atomic mass is 10.2. The predicted molar refractivity (Wildman–Crippen MR) is 70.7 cm³/mol. The number of anilines is 1. The van der Waals surface area contributed by atoms with Crippen molar-refractivity contribution in [3.05, 3.63) is 29.8 Å². The molecule has 0 spiro atoms. The highest BCUT2D eigenvalue weighted by atomic mass is 35.5. The van der Waals surface area contributed by atoms with Gasteiger partial charge in [0.2, 0.25) is 5.91 Å². The highest BCUT2D eigenvalue weighted by Gasteiger charge is 2.15. The molecule has 0 fully saturated rings. The quantitative estimate of drug-likeness (QED) is 0.708. The van der Waals surface area contributed by atoms with Crippen LogP contribution in [0.1, 0.15) is 10.4 Å². The van der Waals surface area contributed by atoms with Crippen LogP contribution in [0.15, 0.2) is 24.3 Å². The Morgan fingerprint density at radius 1 is 1.33 bits per heavy atom. The van der Waals surface area contributed by atoms with Gasteiger partial charge in [-0.1, -0.05) is 0 Å². The number of nitrogens with one attached hydrogen (secondary N) is 1. The summed E-state index contributed by atoms with van der Waals surface area (Å²) < 4.78 is 4.88. The molecule has 5 N–H and O–H groups in total. The van der Waals surface area contributed by atoms with Crippen molar-refractivity contribution >= 4 is 29.9 Å². The number of benzene rings is 1. The van der Waals surface area contributed by atoms with Crippen LogP contribution in [0.3, 0.4) is 0 Å². The van der Waals surface area contributed by atoms with Crippen molar-refractivity contribution in [3.8, 4) is 0 Å². The molecule has 0 aliphatic carbocycles. The number of methoxy groups -OCH3 is 1. The fourth-order valence-electron chi connectivity index (χ4n) is 1.25. The molecule has 0 saturated carbocycles. The van der Waals surface area contributed by atoms with Crippen LogP contribution in [0.4, 0.5) is 5.69 Å². The maximum absolute atomic E-state index is 11.6. The molecular formula is C11H16ClN3O3. The molecule has 1 atom stereocenters. The third-order valence-electron chi connectivity index (χ3n) is 2.23. The van der Waals surface area contributed by atoms with Gasteiger partial charge in [-0.2, -0.15) is 0 Å². The monoisotopic (exact) mass is 273 g/mol.